The summed E-state index contributed by atoms with van der Waals surface area (Å²) < 4.78 is 18.1. The highest BCUT2D eigenvalue weighted by Crippen LogP contribution is 2.29. The molecule has 4 heteroatoms. The molecule has 0 fully saturated rings. The number of aliphatic hydroxyl groups is 1. The average Bonchev–Trinajstić information content (AvgIpc) is 2.17. The topological polar surface area (TPSA) is 41.5 Å². The molecule has 0 bridgehead atoms. The summed E-state index contributed by atoms with van der Waals surface area (Å²) in [7, 11) is 0. The van der Waals surface area contributed by atoms with E-state index in [0.29, 0.717) is 18.0 Å². The minimum atomic E-state index is -0.294. The highest BCUT2D eigenvalue weighted by Gasteiger charge is 2.18. The van der Waals surface area contributed by atoms with Gasteiger partial charge in [0.2, 0.25) is 0 Å². The van der Waals surface area contributed by atoms with Gasteiger partial charge in [0, 0.05) is 6.07 Å². The molecule has 1 atom stereocenters. The lowest BCUT2D eigenvalue weighted by Gasteiger charge is -2.25. The van der Waals surface area contributed by atoms with E-state index in [-0.39, 0.29) is 18.5 Å². The van der Waals surface area contributed by atoms with Crippen LogP contribution in [0.25, 0.3) is 0 Å². The average molecular weight is 183 g/mol. The molecular weight excluding hydrogens is 173 g/mol. The van der Waals surface area contributed by atoms with Crippen molar-refractivity contribution in [2.24, 2.45) is 0 Å². The molecule has 1 heterocycles. The molecule has 0 spiro atoms. The Morgan fingerprint density at radius 1 is 1.62 bits per heavy atom. The highest BCUT2D eigenvalue weighted by molar-refractivity contribution is 5.58. The standard InChI is InChI=1S/C9H10FNO2/c10-6-1-2-9-8(3-6)11-4-7(5-12)13-9/h1-3,7,11-12H,4-5H2. The van der Waals surface area contributed by atoms with E-state index in [4.69, 9.17) is 9.84 Å². The van der Waals surface area contributed by atoms with Crippen LogP contribution in [0.3, 0.4) is 0 Å². The molecular formula is C9H10FNO2. The zero-order valence-corrected chi connectivity index (χ0v) is 6.96. The molecule has 0 amide bonds. The molecule has 1 aromatic rings. The van der Waals surface area contributed by atoms with Crippen molar-refractivity contribution in [2.75, 3.05) is 18.5 Å². The molecule has 13 heavy (non-hydrogen) atoms. The molecule has 0 saturated carbocycles. The smallest absolute Gasteiger partial charge is 0.143 e. The van der Waals surface area contributed by atoms with Gasteiger partial charge in [-0.25, -0.2) is 4.39 Å². The minimum absolute atomic E-state index is 0.0379. The van der Waals surface area contributed by atoms with Crippen molar-refractivity contribution in [2.45, 2.75) is 6.10 Å². The fourth-order valence-corrected chi connectivity index (χ4v) is 1.29. The Morgan fingerprint density at radius 3 is 3.23 bits per heavy atom. The number of hydrogen-bond donors (Lipinski definition) is 2. The molecule has 70 valence electrons. The van der Waals surface area contributed by atoms with Gasteiger partial charge in [-0.05, 0) is 12.1 Å². The third-order valence-corrected chi connectivity index (χ3v) is 1.96. The number of halogens is 1. The van der Waals surface area contributed by atoms with Gasteiger partial charge in [0.05, 0.1) is 18.8 Å². The Morgan fingerprint density at radius 2 is 2.46 bits per heavy atom. The first-order valence-corrected chi connectivity index (χ1v) is 4.10. The van der Waals surface area contributed by atoms with Crippen molar-refractivity contribution in [3.8, 4) is 5.75 Å². The first-order valence-electron chi connectivity index (χ1n) is 4.10. The zero-order valence-electron chi connectivity index (χ0n) is 6.96. The number of aliphatic hydroxyl groups excluding tert-OH is 1. The fourth-order valence-electron chi connectivity index (χ4n) is 1.29. The third kappa shape index (κ3) is 1.58. The van der Waals surface area contributed by atoms with Crippen LogP contribution in [-0.4, -0.2) is 24.4 Å². The Labute approximate surface area is 75.1 Å². The van der Waals surface area contributed by atoms with E-state index in [1.165, 1.54) is 12.1 Å². The predicted octanol–water partition coefficient (Wildman–Crippen LogP) is 0.991. The van der Waals surface area contributed by atoms with E-state index < -0.39 is 0 Å². The Bertz CT molecular complexity index is 316. The molecule has 2 N–H and O–H groups in total. The first-order chi connectivity index (χ1) is 6.29. The van der Waals surface area contributed by atoms with E-state index in [0.717, 1.165) is 0 Å². The summed E-state index contributed by atoms with van der Waals surface area (Å²) in [6.07, 6.45) is -0.238. The van der Waals surface area contributed by atoms with Crippen molar-refractivity contribution in [3.05, 3.63) is 24.0 Å². The summed E-state index contributed by atoms with van der Waals surface area (Å²) in [6, 6.07) is 4.27. The van der Waals surface area contributed by atoms with Crippen molar-refractivity contribution in [3.63, 3.8) is 0 Å². The molecule has 2 rings (SSSR count). The molecule has 0 aromatic heterocycles. The van der Waals surface area contributed by atoms with Gasteiger partial charge in [-0.1, -0.05) is 0 Å². The quantitative estimate of drug-likeness (QED) is 0.682. The molecule has 1 aliphatic heterocycles. The van der Waals surface area contributed by atoms with Gasteiger partial charge in [-0.3, -0.25) is 0 Å². The van der Waals surface area contributed by atoms with Crippen LogP contribution >= 0.6 is 0 Å². The maximum absolute atomic E-state index is 12.7. The summed E-state index contributed by atoms with van der Waals surface area (Å²) in [5.74, 6) is 0.295. The van der Waals surface area contributed by atoms with Crippen molar-refractivity contribution >= 4 is 5.69 Å². The van der Waals surface area contributed by atoms with Gasteiger partial charge in [0.15, 0.2) is 0 Å². The van der Waals surface area contributed by atoms with Gasteiger partial charge in [-0.2, -0.15) is 0 Å². The highest BCUT2D eigenvalue weighted by atomic mass is 19.1. The van der Waals surface area contributed by atoms with Crippen LogP contribution in [-0.2, 0) is 0 Å². The minimum Gasteiger partial charge on any atom is -0.484 e. The summed E-state index contributed by atoms with van der Waals surface area (Å²) >= 11 is 0. The Hall–Kier alpha value is -1.29. The van der Waals surface area contributed by atoms with Gasteiger partial charge >= 0.3 is 0 Å². The number of hydrogen-bond acceptors (Lipinski definition) is 3. The zero-order chi connectivity index (χ0) is 9.26. The second-order valence-corrected chi connectivity index (χ2v) is 2.94. The molecule has 1 aliphatic rings. The van der Waals surface area contributed by atoms with Gasteiger partial charge in [0.25, 0.3) is 0 Å². The van der Waals surface area contributed by atoms with Crippen LogP contribution in [0, 0.1) is 5.82 Å². The SMILES string of the molecule is OCC1CNc2cc(F)ccc2O1. The van der Waals surface area contributed by atoms with E-state index >= 15 is 0 Å². The van der Waals surface area contributed by atoms with Crippen LogP contribution in [0.15, 0.2) is 18.2 Å². The van der Waals surface area contributed by atoms with E-state index in [1.807, 2.05) is 0 Å². The van der Waals surface area contributed by atoms with Crippen LogP contribution in [0.2, 0.25) is 0 Å². The lowest BCUT2D eigenvalue weighted by Crippen LogP contribution is -2.33. The maximum Gasteiger partial charge on any atom is 0.143 e. The van der Waals surface area contributed by atoms with Gasteiger partial charge in [-0.15, -0.1) is 0 Å². The predicted molar refractivity (Wildman–Crippen MR) is 46.4 cm³/mol. The second kappa shape index (κ2) is 3.22. The van der Waals surface area contributed by atoms with Gasteiger partial charge in [0.1, 0.15) is 17.7 Å². The molecule has 0 saturated heterocycles. The third-order valence-electron chi connectivity index (χ3n) is 1.96. The van der Waals surface area contributed by atoms with Crippen LogP contribution in [0.5, 0.6) is 5.75 Å². The number of ether oxygens (including phenoxy) is 1. The Balaban J connectivity index is 2.26. The lowest BCUT2D eigenvalue weighted by molar-refractivity contribution is 0.120. The van der Waals surface area contributed by atoms with Crippen LogP contribution in [0.1, 0.15) is 0 Å². The number of anilines is 1. The summed E-state index contributed by atoms with van der Waals surface area (Å²) in [4.78, 5) is 0. The lowest BCUT2D eigenvalue weighted by atomic mass is 10.2. The number of rotatable bonds is 1. The normalized spacial score (nSPS) is 20.0. The van der Waals surface area contributed by atoms with Crippen molar-refractivity contribution < 1.29 is 14.2 Å². The second-order valence-electron chi connectivity index (χ2n) is 2.94. The summed E-state index contributed by atoms with van der Waals surface area (Å²) in [5.41, 5.74) is 0.643. The number of nitrogens with one attached hydrogen (secondary N) is 1. The van der Waals surface area contributed by atoms with Crippen LogP contribution < -0.4 is 10.1 Å². The van der Waals surface area contributed by atoms with Crippen molar-refractivity contribution in [1.29, 1.82) is 0 Å². The van der Waals surface area contributed by atoms with E-state index in [9.17, 15) is 4.39 Å². The fraction of sp³-hybridized carbons (Fsp3) is 0.333. The Kier molecular flexibility index (Phi) is 2.06. The number of benzene rings is 1. The summed E-state index contributed by atoms with van der Waals surface area (Å²) in [5, 5.41) is 11.8. The first kappa shape index (κ1) is 8.31. The molecule has 0 aliphatic carbocycles. The molecule has 1 aromatic carbocycles. The molecule has 3 nitrogen and oxygen atoms in total. The van der Waals surface area contributed by atoms with E-state index in [1.54, 1.807) is 6.07 Å². The van der Waals surface area contributed by atoms with Crippen LogP contribution in [0.4, 0.5) is 10.1 Å². The molecule has 1 unspecified atom stereocenters. The molecule has 0 radical (unpaired) electrons. The van der Waals surface area contributed by atoms with Crippen molar-refractivity contribution in [1.82, 2.24) is 0 Å². The summed E-state index contributed by atoms with van der Waals surface area (Å²) in [6.45, 7) is 0.469. The monoisotopic (exact) mass is 183 g/mol. The van der Waals surface area contributed by atoms with E-state index in [2.05, 4.69) is 5.32 Å². The largest absolute Gasteiger partial charge is 0.484 e. The van der Waals surface area contributed by atoms with Gasteiger partial charge < -0.3 is 15.2 Å². The number of fused-ring (bicyclic) bond motifs is 1. The maximum atomic E-state index is 12.7.